The van der Waals surface area contributed by atoms with Crippen molar-refractivity contribution >= 4 is 22.6 Å². The molecular weight excluding hydrogens is 357 g/mol. The van der Waals surface area contributed by atoms with E-state index >= 15 is 0 Å². The number of rotatable bonds is 4. The minimum absolute atomic E-state index is 0.238. The lowest BCUT2D eigenvalue weighted by Crippen LogP contribution is -2.19. The highest BCUT2D eigenvalue weighted by Gasteiger charge is 2.30. The van der Waals surface area contributed by atoms with Crippen LogP contribution in [0.3, 0.4) is 0 Å². The van der Waals surface area contributed by atoms with Crippen LogP contribution in [0.5, 0.6) is 0 Å². The van der Waals surface area contributed by atoms with E-state index < -0.39 is 0 Å². The van der Waals surface area contributed by atoms with Crippen molar-refractivity contribution in [2.24, 2.45) is 0 Å². The van der Waals surface area contributed by atoms with E-state index in [9.17, 15) is 8.78 Å². The molecule has 0 aliphatic rings. The topological polar surface area (TPSA) is 0 Å². The van der Waals surface area contributed by atoms with Gasteiger partial charge in [0.1, 0.15) is 11.6 Å². The summed E-state index contributed by atoms with van der Waals surface area (Å²) >= 11 is 2.39. The lowest BCUT2D eigenvalue weighted by molar-refractivity contribution is 0.618. The van der Waals surface area contributed by atoms with Crippen molar-refractivity contribution in [2.75, 3.05) is 0 Å². The van der Waals surface area contributed by atoms with Gasteiger partial charge in [0.25, 0.3) is 0 Å². The van der Waals surface area contributed by atoms with Gasteiger partial charge in [-0.1, -0.05) is 60.2 Å². The summed E-state index contributed by atoms with van der Waals surface area (Å²) in [7, 11) is 0. The van der Waals surface area contributed by atoms with Gasteiger partial charge in [0.15, 0.2) is 0 Å². The Kier molecular flexibility index (Phi) is 4.55. The molecule has 0 amide bonds. The van der Waals surface area contributed by atoms with Gasteiger partial charge in [-0.2, -0.15) is 0 Å². The zero-order chi connectivity index (χ0) is 13.9. The molecule has 2 aromatic carbocycles. The van der Waals surface area contributed by atoms with Crippen molar-refractivity contribution < 1.29 is 8.78 Å². The third-order valence-electron chi connectivity index (χ3n) is 3.20. The van der Waals surface area contributed by atoms with Crippen molar-refractivity contribution in [2.45, 2.75) is 23.2 Å². The zero-order valence-electron chi connectivity index (χ0n) is 10.7. The molecule has 100 valence electrons. The van der Waals surface area contributed by atoms with Crippen LogP contribution in [0, 0.1) is 11.6 Å². The van der Waals surface area contributed by atoms with Gasteiger partial charge in [-0.15, -0.1) is 0 Å². The first-order valence-electron chi connectivity index (χ1n) is 6.27. The van der Waals surface area contributed by atoms with Gasteiger partial charge in [0.05, 0.1) is 3.42 Å². The van der Waals surface area contributed by atoms with Crippen LogP contribution in [0.1, 0.15) is 30.9 Å². The van der Waals surface area contributed by atoms with Gasteiger partial charge in [0, 0.05) is 0 Å². The number of alkyl halides is 1. The largest absolute Gasteiger partial charge is 0.207 e. The van der Waals surface area contributed by atoms with Crippen LogP contribution in [0.4, 0.5) is 8.78 Å². The SMILES string of the molecule is CCCC(I)(c1ccc(F)cc1)c1ccc(F)cc1. The van der Waals surface area contributed by atoms with Crippen molar-refractivity contribution in [1.82, 2.24) is 0 Å². The van der Waals surface area contributed by atoms with E-state index in [1.54, 1.807) is 24.3 Å². The second-order valence-electron chi connectivity index (χ2n) is 4.56. The molecule has 3 heteroatoms. The Morgan fingerprint density at radius 2 is 1.21 bits per heavy atom. The molecule has 19 heavy (non-hydrogen) atoms. The van der Waals surface area contributed by atoms with Crippen LogP contribution in [0.2, 0.25) is 0 Å². The predicted molar refractivity (Wildman–Crippen MR) is 82.5 cm³/mol. The molecule has 0 aromatic heterocycles. The standard InChI is InChI=1S/C16H15F2I/c1-2-11-16(19,12-3-7-14(17)8-4-12)13-5-9-15(18)10-6-13/h3-10H,2,11H2,1H3. The first kappa shape index (κ1) is 14.4. The Bertz CT molecular complexity index is 486. The molecule has 0 saturated heterocycles. The average molecular weight is 372 g/mol. The first-order valence-corrected chi connectivity index (χ1v) is 7.35. The van der Waals surface area contributed by atoms with Crippen LogP contribution in [-0.2, 0) is 3.42 Å². The van der Waals surface area contributed by atoms with Gasteiger partial charge in [0.2, 0.25) is 0 Å². The van der Waals surface area contributed by atoms with E-state index in [0.29, 0.717) is 0 Å². The van der Waals surface area contributed by atoms with Crippen LogP contribution in [0.15, 0.2) is 48.5 Å². The lowest BCUT2D eigenvalue weighted by Gasteiger charge is -2.28. The van der Waals surface area contributed by atoms with Crippen molar-refractivity contribution in [3.8, 4) is 0 Å². The molecule has 0 aliphatic carbocycles. The summed E-state index contributed by atoms with van der Waals surface area (Å²) in [5, 5.41) is 0. The summed E-state index contributed by atoms with van der Waals surface area (Å²) in [6.45, 7) is 2.11. The monoisotopic (exact) mass is 372 g/mol. The van der Waals surface area contributed by atoms with Gasteiger partial charge in [-0.05, 0) is 41.8 Å². The van der Waals surface area contributed by atoms with Crippen molar-refractivity contribution in [3.05, 3.63) is 71.3 Å². The Hall–Kier alpha value is -0.970. The van der Waals surface area contributed by atoms with E-state index in [2.05, 4.69) is 29.5 Å². The Labute approximate surface area is 126 Å². The van der Waals surface area contributed by atoms with E-state index in [1.165, 1.54) is 24.3 Å². The highest BCUT2D eigenvalue weighted by atomic mass is 127. The summed E-state index contributed by atoms with van der Waals surface area (Å²) in [6.07, 6.45) is 1.92. The maximum Gasteiger partial charge on any atom is 0.123 e. The highest BCUT2D eigenvalue weighted by Crippen LogP contribution is 2.43. The lowest BCUT2D eigenvalue weighted by atomic mass is 9.87. The maximum absolute atomic E-state index is 13.1. The average Bonchev–Trinajstić information content (AvgIpc) is 2.40. The van der Waals surface area contributed by atoms with Gasteiger partial charge in [-0.25, -0.2) is 8.78 Å². The quantitative estimate of drug-likeness (QED) is 0.495. The zero-order valence-corrected chi connectivity index (χ0v) is 12.8. The van der Waals surface area contributed by atoms with Gasteiger partial charge >= 0.3 is 0 Å². The molecule has 2 rings (SSSR count). The molecule has 0 radical (unpaired) electrons. The second-order valence-corrected chi connectivity index (χ2v) is 6.41. The van der Waals surface area contributed by atoms with Crippen LogP contribution >= 0.6 is 22.6 Å². The summed E-state index contributed by atoms with van der Waals surface area (Å²) in [5.41, 5.74) is 2.09. The minimum Gasteiger partial charge on any atom is -0.207 e. The summed E-state index contributed by atoms with van der Waals surface area (Å²) in [5.74, 6) is -0.476. The fourth-order valence-electron chi connectivity index (χ4n) is 2.23. The molecule has 0 aliphatic heterocycles. The number of benzene rings is 2. The fraction of sp³-hybridized carbons (Fsp3) is 0.250. The molecule has 0 unspecified atom stereocenters. The number of hydrogen-bond donors (Lipinski definition) is 0. The third kappa shape index (κ3) is 3.14. The van der Waals surface area contributed by atoms with Gasteiger partial charge in [-0.3, -0.25) is 0 Å². The van der Waals surface area contributed by atoms with E-state index in [0.717, 1.165) is 24.0 Å². The van der Waals surface area contributed by atoms with Crippen LogP contribution in [0.25, 0.3) is 0 Å². The molecule has 0 N–H and O–H groups in total. The van der Waals surface area contributed by atoms with Crippen LogP contribution < -0.4 is 0 Å². The minimum atomic E-state index is -0.242. The molecule has 0 spiro atoms. The molecule has 2 aromatic rings. The Morgan fingerprint density at radius 3 is 1.53 bits per heavy atom. The number of halogens is 3. The van der Waals surface area contributed by atoms with E-state index in [1.807, 2.05) is 0 Å². The van der Waals surface area contributed by atoms with Gasteiger partial charge < -0.3 is 0 Å². The van der Waals surface area contributed by atoms with E-state index in [-0.39, 0.29) is 15.1 Å². The third-order valence-corrected chi connectivity index (χ3v) is 4.98. The second kappa shape index (κ2) is 5.99. The van der Waals surface area contributed by atoms with Crippen LogP contribution in [-0.4, -0.2) is 0 Å². The van der Waals surface area contributed by atoms with Crippen molar-refractivity contribution in [1.29, 1.82) is 0 Å². The smallest absolute Gasteiger partial charge is 0.123 e. The molecule has 0 nitrogen and oxygen atoms in total. The fourth-order valence-corrected chi connectivity index (χ4v) is 3.49. The summed E-state index contributed by atoms with van der Waals surface area (Å²) in [4.78, 5) is 0. The maximum atomic E-state index is 13.1. The van der Waals surface area contributed by atoms with Crippen molar-refractivity contribution in [3.63, 3.8) is 0 Å². The highest BCUT2D eigenvalue weighted by molar-refractivity contribution is 14.1. The molecule has 0 fully saturated rings. The molecule has 0 bridgehead atoms. The molecule has 0 atom stereocenters. The summed E-state index contributed by atoms with van der Waals surface area (Å²) < 4.78 is 25.9. The molecule has 0 saturated carbocycles. The normalized spacial score (nSPS) is 11.6. The predicted octanol–water partition coefficient (Wildman–Crippen LogP) is 5.44. The molecular formula is C16H15F2I. The Balaban J connectivity index is 2.47. The molecule has 0 heterocycles. The Morgan fingerprint density at radius 1 is 0.842 bits per heavy atom. The summed E-state index contributed by atoms with van der Waals surface area (Å²) in [6, 6.07) is 13.1. The first-order chi connectivity index (χ1) is 9.06. The van der Waals surface area contributed by atoms with E-state index in [4.69, 9.17) is 0 Å². The number of hydrogen-bond acceptors (Lipinski definition) is 0.